The Morgan fingerprint density at radius 2 is 1.23 bits per heavy atom. The molecule has 2 aromatic carbocycles. The van der Waals surface area contributed by atoms with E-state index in [-0.39, 0.29) is 42.9 Å². The number of rotatable bonds is 6. The average molecular weight is 546 g/mol. The largest absolute Gasteiger partial charge is 0.506 e. The third-order valence-corrected chi connectivity index (χ3v) is 4.53. The van der Waals surface area contributed by atoms with E-state index in [1.807, 2.05) is 10.9 Å². The number of halogens is 2. The Balaban J connectivity index is 2.04. The van der Waals surface area contributed by atoms with Gasteiger partial charge in [0.2, 0.25) is 0 Å². The van der Waals surface area contributed by atoms with E-state index in [4.69, 9.17) is 0 Å². The normalized spacial score (nSPS) is 11.0. The molecule has 2 amide bonds. The summed E-state index contributed by atoms with van der Waals surface area (Å²) >= 11 is 5.93. The van der Waals surface area contributed by atoms with Crippen LogP contribution >= 0.6 is 31.9 Å². The molecule has 30 heavy (non-hydrogen) atoms. The van der Waals surface area contributed by atoms with Crippen molar-refractivity contribution >= 4 is 61.7 Å². The van der Waals surface area contributed by atoms with Gasteiger partial charge in [-0.3, -0.25) is 20.2 Å². The van der Waals surface area contributed by atoms with E-state index in [9.17, 15) is 35.2 Å². The van der Waals surface area contributed by atoms with Crippen molar-refractivity contribution in [3.63, 3.8) is 0 Å². The maximum atomic E-state index is 11.7. The lowest BCUT2D eigenvalue weighted by Gasteiger charge is -2.03. The third-order valence-electron chi connectivity index (χ3n) is 3.32. The quantitative estimate of drug-likeness (QED) is 0.243. The molecule has 0 saturated heterocycles. The summed E-state index contributed by atoms with van der Waals surface area (Å²) in [5, 5.41) is 48.5. The number of nitrogens with zero attached hydrogens (tertiary/aromatic N) is 4. The fraction of sp³-hybridized carbons (Fsp3) is 0. The Labute approximate surface area is 183 Å². The molecule has 0 atom stereocenters. The number of phenolic OH excluding ortho intramolecular Hbond substituents is 2. The Kier molecular flexibility index (Phi) is 7.38. The molecule has 0 spiro atoms. The zero-order valence-electron chi connectivity index (χ0n) is 14.4. The first kappa shape index (κ1) is 22.7. The molecule has 0 unspecified atom stereocenters. The number of nitro benzene ring substituents is 2. The zero-order chi connectivity index (χ0) is 22.4. The fourth-order valence-electron chi connectivity index (χ4n) is 1.96. The van der Waals surface area contributed by atoms with Crippen LogP contribution < -0.4 is 10.9 Å². The van der Waals surface area contributed by atoms with Crippen molar-refractivity contribution in [3.8, 4) is 11.5 Å². The first-order valence-electron chi connectivity index (χ1n) is 7.56. The molecule has 0 aromatic heterocycles. The molecule has 0 heterocycles. The van der Waals surface area contributed by atoms with E-state index in [1.165, 1.54) is 0 Å². The topological polar surface area (TPSA) is 193 Å². The van der Waals surface area contributed by atoms with Crippen LogP contribution in [0.4, 0.5) is 16.2 Å². The molecule has 2 rings (SSSR count). The maximum absolute atomic E-state index is 11.7. The third kappa shape index (κ3) is 5.71. The van der Waals surface area contributed by atoms with Crippen LogP contribution in [-0.4, -0.2) is 38.5 Å². The molecule has 0 bridgehead atoms. The van der Waals surface area contributed by atoms with Crippen molar-refractivity contribution in [3.05, 3.63) is 64.6 Å². The number of hydrogen-bond donors (Lipinski definition) is 4. The number of hydrogen-bond acceptors (Lipinski definition) is 9. The number of aromatic hydroxyl groups is 2. The Bertz CT molecular complexity index is 1010. The summed E-state index contributed by atoms with van der Waals surface area (Å²) in [6.45, 7) is 0. The molecular weight excluding hydrogens is 536 g/mol. The molecule has 0 aliphatic heterocycles. The Hall–Kier alpha value is -3.59. The standard InChI is InChI=1S/C15H10Br2N6O7/c16-11-3-9(22(27)28)1-7(13(11)24)5-18-20-15(26)21-19-6-8-2-10(23(29)30)4-12(17)14(8)25/h1-6,24-25H,(H2,20,21,26). The summed E-state index contributed by atoms with van der Waals surface area (Å²) in [6.07, 6.45) is 1.94. The molecule has 0 aliphatic carbocycles. The summed E-state index contributed by atoms with van der Waals surface area (Å²) in [6, 6.07) is 3.36. The molecule has 4 N–H and O–H groups in total. The number of carbonyl (C=O) groups is 1. The van der Waals surface area contributed by atoms with Crippen molar-refractivity contribution in [1.82, 2.24) is 10.9 Å². The van der Waals surface area contributed by atoms with Crippen molar-refractivity contribution in [2.24, 2.45) is 10.2 Å². The van der Waals surface area contributed by atoms with Crippen LogP contribution in [0, 0.1) is 20.2 Å². The average Bonchev–Trinajstić information content (AvgIpc) is 2.67. The summed E-state index contributed by atoms with van der Waals surface area (Å²) < 4.78 is 0.130. The number of non-ortho nitro benzene ring substituents is 2. The monoisotopic (exact) mass is 544 g/mol. The molecule has 0 radical (unpaired) electrons. The number of carbonyl (C=O) groups excluding carboxylic acids is 1. The van der Waals surface area contributed by atoms with Gasteiger partial charge in [0.1, 0.15) is 11.5 Å². The second-order valence-electron chi connectivity index (χ2n) is 5.31. The summed E-state index contributed by atoms with van der Waals surface area (Å²) in [7, 11) is 0. The minimum Gasteiger partial charge on any atom is -0.506 e. The number of benzene rings is 2. The van der Waals surface area contributed by atoms with Crippen molar-refractivity contribution < 1.29 is 24.9 Å². The Morgan fingerprint density at radius 3 is 1.57 bits per heavy atom. The SMILES string of the molecule is O=C(NN=Cc1cc([N+](=O)[O-])cc(Br)c1O)NN=Cc1cc([N+](=O)[O-])cc(Br)c1O. The van der Waals surface area contributed by atoms with Crippen LogP contribution in [0.1, 0.15) is 11.1 Å². The molecule has 13 nitrogen and oxygen atoms in total. The van der Waals surface area contributed by atoms with Gasteiger partial charge in [0, 0.05) is 35.4 Å². The van der Waals surface area contributed by atoms with Gasteiger partial charge in [-0.15, -0.1) is 0 Å². The lowest BCUT2D eigenvalue weighted by molar-refractivity contribution is -0.385. The highest BCUT2D eigenvalue weighted by atomic mass is 79.9. The first-order valence-corrected chi connectivity index (χ1v) is 9.14. The highest BCUT2D eigenvalue weighted by molar-refractivity contribution is 9.10. The second-order valence-corrected chi connectivity index (χ2v) is 7.02. The van der Waals surface area contributed by atoms with Gasteiger partial charge in [-0.2, -0.15) is 10.2 Å². The van der Waals surface area contributed by atoms with E-state index < -0.39 is 15.9 Å². The summed E-state index contributed by atoms with van der Waals surface area (Å²) in [5.41, 5.74) is 3.31. The minimum atomic E-state index is -0.935. The van der Waals surface area contributed by atoms with Gasteiger partial charge in [-0.25, -0.2) is 15.6 Å². The van der Waals surface area contributed by atoms with E-state index in [0.29, 0.717) is 0 Å². The molecule has 156 valence electrons. The maximum Gasteiger partial charge on any atom is 0.355 e. The molecule has 15 heteroatoms. The lowest BCUT2D eigenvalue weighted by Crippen LogP contribution is -2.28. The highest BCUT2D eigenvalue weighted by Gasteiger charge is 2.14. The van der Waals surface area contributed by atoms with Gasteiger partial charge in [0.05, 0.1) is 31.2 Å². The predicted molar refractivity (Wildman–Crippen MR) is 112 cm³/mol. The van der Waals surface area contributed by atoms with E-state index in [2.05, 4.69) is 42.1 Å². The van der Waals surface area contributed by atoms with Crippen molar-refractivity contribution in [2.75, 3.05) is 0 Å². The van der Waals surface area contributed by atoms with E-state index >= 15 is 0 Å². The lowest BCUT2D eigenvalue weighted by atomic mass is 10.2. The van der Waals surface area contributed by atoms with Crippen LogP contribution in [0.25, 0.3) is 0 Å². The molecule has 0 aliphatic rings. The summed E-state index contributed by atoms with van der Waals surface area (Å²) in [5.74, 6) is -0.646. The highest BCUT2D eigenvalue weighted by Crippen LogP contribution is 2.32. The predicted octanol–water partition coefficient (Wildman–Crippen LogP) is 3.11. The van der Waals surface area contributed by atoms with Gasteiger partial charge >= 0.3 is 6.03 Å². The number of nitrogens with one attached hydrogen (secondary N) is 2. The van der Waals surface area contributed by atoms with Crippen LogP contribution in [0.3, 0.4) is 0 Å². The number of phenols is 2. The van der Waals surface area contributed by atoms with Crippen LogP contribution in [0.15, 0.2) is 43.4 Å². The van der Waals surface area contributed by atoms with Gasteiger partial charge < -0.3 is 10.2 Å². The number of hydrazone groups is 2. The molecule has 0 fully saturated rings. The Morgan fingerprint density at radius 1 is 0.867 bits per heavy atom. The first-order chi connectivity index (χ1) is 14.1. The minimum absolute atomic E-state index is 0.0359. The van der Waals surface area contributed by atoms with Gasteiger partial charge in [-0.1, -0.05) is 0 Å². The van der Waals surface area contributed by atoms with E-state index in [1.54, 1.807) is 0 Å². The number of nitro groups is 2. The van der Waals surface area contributed by atoms with Crippen molar-refractivity contribution in [2.45, 2.75) is 0 Å². The van der Waals surface area contributed by atoms with Crippen LogP contribution in [0.2, 0.25) is 0 Å². The molecule has 2 aromatic rings. The smallest absolute Gasteiger partial charge is 0.355 e. The van der Waals surface area contributed by atoms with Gasteiger partial charge in [0.25, 0.3) is 11.4 Å². The van der Waals surface area contributed by atoms with Crippen LogP contribution in [-0.2, 0) is 0 Å². The molecule has 0 saturated carbocycles. The number of urea groups is 1. The second kappa shape index (κ2) is 9.75. The fourth-order valence-corrected chi connectivity index (χ4v) is 2.89. The molecular formula is C15H10Br2N6O7. The van der Waals surface area contributed by atoms with Crippen molar-refractivity contribution in [1.29, 1.82) is 0 Å². The number of amides is 2. The van der Waals surface area contributed by atoms with E-state index in [0.717, 1.165) is 36.7 Å². The summed E-state index contributed by atoms with van der Waals surface area (Å²) in [4.78, 5) is 32.0. The van der Waals surface area contributed by atoms with Gasteiger partial charge in [-0.05, 0) is 31.9 Å². The van der Waals surface area contributed by atoms with Gasteiger partial charge in [0.15, 0.2) is 0 Å². The van der Waals surface area contributed by atoms with Crippen LogP contribution in [0.5, 0.6) is 11.5 Å². The zero-order valence-corrected chi connectivity index (χ0v) is 17.6.